The molecule has 0 saturated carbocycles. The molecule has 0 aromatic heterocycles. The van der Waals surface area contributed by atoms with Crippen LogP contribution in [0.1, 0.15) is 74.3 Å². The van der Waals surface area contributed by atoms with Gasteiger partial charge in [-0.25, -0.2) is 0 Å². The Labute approximate surface area is 181 Å². The molecule has 2 heterocycles. The van der Waals surface area contributed by atoms with Gasteiger partial charge in [-0.3, -0.25) is 0 Å². The average Bonchev–Trinajstić information content (AvgIpc) is 3.04. The van der Waals surface area contributed by atoms with Gasteiger partial charge in [-0.05, 0) is 83.4 Å². The van der Waals surface area contributed by atoms with Crippen molar-refractivity contribution in [1.29, 1.82) is 0 Å². The Kier molecular flexibility index (Phi) is 6.11. The summed E-state index contributed by atoms with van der Waals surface area (Å²) in [6.07, 6.45) is 7.31. The number of hydrogen-bond acceptors (Lipinski definition) is 3. The van der Waals surface area contributed by atoms with Crippen LogP contribution in [-0.4, -0.2) is 17.8 Å². The second-order valence-corrected chi connectivity index (χ2v) is 9.72. The van der Waals surface area contributed by atoms with Crippen molar-refractivity contribution in [2.75, 3.05) is 0 Å². The molecular formula is C27H36O3. The van der Waals surface area contributed by atoms with Crippen LogP contribution in [0.5, 0.6) is 11.5 Å². The quantitative estimate of drug-likeness (QED) is 0.547. The van der Waals surface area contributed by atoms with Crippen molar-refractivity contribution in [2.24, 2.45) is 0 Å². The van der Waals surface area contributed by atoms with Crippen LogP contribution >= 0.6 is 0 Å². The number of hydrogen-bond donors (Lipinski definition) is 0. The lowest BCUT2D eigenvalue weighted by Gasteiger charge is -2.28. The fourth-order valence-corrected chi connectivity index (χ4v) is 5.01. The molecule has 2 aromatic rings. The minimum absolute atomic E-state index is 0.164. The van der Waals surface area contributed by atoms with Gasteiger partial charge in [-0.1, -0.05) is 30.3 Å². The molecule has 3 nitrogen and oxygen atoms in total. The monoisotopic (exact) mass is 408 g/mol. The highest BCUT2D eigenvalue weighted by Crippen LogP contribution is 2.46. The van der Waals surface area contributed by atoms with E-state index in [0.29, 0.717) is 18.8 Å². The maximum atomic E-state index is 6.47. The molecule has 2 atom stereocenters. The molecule has 0 amide bonds. The number of ether oxygens (including phenoxy) is 3. The molecule has 3 heteroatoms. The summed E-state index contributed by atoms with van der Waals surface area (Å²) in [5, 5.41) is 0. The fourth-order valence-electron chi connectivity index (χ4n) is 5.01. The van der Waals surface area contributed by atoms with Crippen LogP contribution in [0, 0.1) is 13.8 Å². The Morgan fingerprint density at radius 3 is 2.57 bits per heavy atom. The molecule has 4 rings (SSSR count). The highest BCUT2D eigenvalue weighted by atomic mass is 16.5. The Morgan fingerprint density at radius 2 is 1.83 bits per heavy atom. The third kappa shape index (κ3) is 4.51. The maximum absolute atomic E-state index is 6.47. The third-order valence-electron chi connectivity index (χ3n) is 6.62. The van der Waals surface area contributed by atoms with E-state index < -0.39 is 0 Å². The predicted molar refractivity (Wildman–Crippen MR) is 122 cm³/mol. The smallest absolute Gasteiger partial charge is 0.127 e. The van der Waals surface area contributed by atoms with E-state index in [4.69, 9.17) is 14.2 Å². The minimum atomic E-state index is -0.164. The zero-order valence-electron chi connectivity index (χ0n) is 19.2. The van der Waals surface area contributed by atoms with E-state index in [9.17, 15) is 0 Å². The number of fused-ring (bicyclic) bond motifs is 1. The lowest BCUT2D eigenvalue weighted by Crippen LogP contribution is -2.26. The maximum Gasteiger partial charge on any atom is 0.127 e. The summed E-state index contributed by atoms with van der Waals surface area (Å²) in [4.78, 5) is 0. The summed E-state index contributed by atoms with van der Waals surface area (Å²) in [6, 6.07) is 10.4. The van der Waals surface area contributed by atoms with Crippen molar-refractivity contribution in [3.63, 3.8) is 0 Å². The van der Waals surface area contributed by atoms with Gasteiger partial charge >= 0.3 is 0 Å². The van der Waals surface area contributed by atoms with Crippen molar-refractivity contribution < 1.29 is 14.2 Å². The van der Waals surface area contributed by atoms with Gasteiger partial charge in [-0.2, -0.15) is 0 Å². The normalized spacial score (nSPS) is 22.4. The molecule has 2 aromatic carbocycles. The molecule has 0 radical (unpaired) electrons. The Balaban J connectivity index is 1.61. The zero-order chi connectivity index (χ0) is 21.3. The first-order chi connectivity index (χ1) is 14.3. The van der Waals surface area contributed by atoms with E-state index in [-0.39, 0.29) is 5.60 Å². The highest BCUT2D eigenvalue weighted by molar-refractivity contribution is 5.60. The summed E-state index contributed by atoms with van der Waals surface area (Å²) in [7, 11) is 0. The van der Waals surface area contributed by atoms with Gasteiger partial charge in [0.05, 0.1) is 12.2 Å². The number of benzene rings is 2. The minimum Gasteiger partial charge on any atom is -0.488 e. The Hall–Kier alpha value is -2.00. The van der Waals surface area contributed by atoms with Gasteiger partial charge in [0.15, 0.2) is 0 Å². The van der Waals surface area contributed by atoms with E-state index >= 15 is 0 Å². The van der Waals surface area contributed by atoms with E-state index in [0.717, 1.165) is 30.8 Å². The molecule has 0 bridgehead atoms. The van der Waals surface area contributed by atoms with Crippen molar-refractivity contribution in [2.45, 2.75) is 97.6 Å². The van der Waals surface area contributed by atoms with E-state index in [1.54, 1.807) is 0 Å². The Bertz CT molecular complexity index is 885. The predicted octanol–water partition coefficient (Wildman–Crippen LogP) is 6.49. The topological polar surface area (TPSA) is 27.7 Å². The summed E-state index contributed by atoms with van der Waals surface area (Å²) < 4.78 is 19.1. The molecule has 2 unspecified atom stereocenters. The summed E-state index contributed by atoms with van der Waals surface area (Å²) >= 11 is 0. The van der Waals surface area contributed by atoms with Gasteiger partial charge in [0.1, 0.15) is 23.7 Å². The van der Waals surface area contributed by atoms with E-state index in [2.05, 4.69) is 58.9 Å². The molecule has 1 fully saturated rings. The van der Waals surface area contributed by atoms with Gasteiger partial charge in [0, 0.05) is 17.5 Å². The summed E-state index contributed by atoms with van der Waals surface area (Å²) in [5.41, 5.74) is 6.12. The van der Waals surface area contributed by atoms with Gasteiger partial charge in [-0.15, -0.1) is 0 Å². The highest BCUT2D eigenvalue weighted by Gasteiger charge is 2.36. The van der Waals surface area contributed by atoms with Crippen LogP contribution in [0.3, 0.4) is 0 Å². The lowest BCUT2D eigenvalue weighted by atomic mass is 9.90. The average molecular weight is 409 g/mol. The van der Waals surface area contributed by atoms with Crippen LogP contribution in [0.2, 0.25) is 0 Å². The molecule has 0 aliphatic carbocycles. The van der Waals surface area contributed by atoms with Crippen molar-refractivity contribution in [1.82, 2.24) is 0 Å². The molecule has 0 N–H and O–H groups in total. The summed E-state index contributed by atoms with van der Waals surface area (Å²) in [5.74, 6) is 2.14. The molecule has 30 heavy (non-hydrogen) atoms. The lowest BCUT2D eigenvalue weighted by molar-refractivity contribution is -0.0429. The van der Waals surface area contributed by atoms with E-state index in [1.165, 1.54) is 47.1 Å². The molecule has 2 aliphatic heterocycles. The van der Waals surface area contributed by atoms with E-state index in [1.807, 2.05) is 6.07 Å². The second-order valence-electron chi connectivity index (χ2n) is 9.72. The first-order valence-electron chi connectivity index (χ1n) is 11.5. The van der Waals surface area contributed by atoms with Crippen LogP contribution in [0.25, 0.3) is 0 Å². The Morgan fingerprint density at radius 1 is 1.07 bits per heavy atom. The van der Waals surface area contributed by atoms with Crippen LogP contribution in [0.15, 0.2) is 30.3 Å². The molecular weight excluding hydrogens is 372 g/mol. The van der Waals surface area contributed by atoms with Crippen molar-refractivity contribution in [3.8, 4) is 11.5 Å². The first-order valence-corrected chi connectivity index (χ1v) is 11.5. The van der Waals surface area contributed by atoms with Crippen molar-refractivity contribution >= 4 is 0 Å². The fraction of sp³-hybridized carbons (Fsp3) is 0.556. The third-order valence-corrected chi connectivity index (χ3v) is 6.62. The molecule has 2 aliphatic rings. The van der Waals surface area contributed by atoms with Gasteiger partial charge in [0.25, 0.3) is 0 Å². The summed E-state index contributed by atoms with van der Waals surface area (Å²) in [6.45, 7) is 11.5. The second kappa shape index (κ2) is 8.63. The first kappa shape index (κ1) is 21.2. The zero-order valence-corrected chi connectivity index (χ0v) is 19.2. The largest absolute Gasteiger partial charge is 0.488 e. The van der Waals surface area contributed by atoms with Crippen LogP contribution in [-0.2, 0) is 24.2 Å². The van der Waals surface area contributed by atoms with Gasteiger partial charge < -0.3 is 14.2 Å². The molecule has 162 valence electrons. The molecule has 1 saturated heterocycles. The molecule has 0 spiro atoms. The van der Waals surface area contributed by atoms with Gasteiger partial charge in [0.2, 0.25) is 0 Å². The SMILES string of the molecule is Cc1c(CCC2CCCC(C)O2)c2c(c(C)c1OCc1ccccc1)CC(C)(C)O2. The number of rotatable bonds is 6. The van der Waals surface area contributed by atoms with Crippen LogP contribution < -0.4 is 9.47 Å². The standard InChI is InChI=1S/C27H36O3/c1-18-10-9-13-22(29-18)14-15-23-19(2)25(28-17-21-11-7-6-8-12-21)20(3)24-16-27(4,5)30-26(23)24/h6-8,11-12,18,22H,9-10,13-17H2,1-5H3. The van der Waals surface area contributed by atoms with Crippen LogP contribution in [0.4, 0.5) is 0 Å². The van der Waals surface area contributed by atoms with Crippen molar-refractivity contribution in [3.05, 3.63) is 58.1 Å².